The van der Waals surface area contributed by atoms with Crippen molar-refractivity contribution in [3.8, 4) is 0 Å². The van der Waals surface area contributed by atoms with Crippen molar-refractivity contribution in [1.29, 1.82) is 0 Å². The van der Waals surface area contributed by atoms with Gasteiger partial charge >= 0.3 is 5.97 Å². The Bertz CT molecular complexity index is 321. The minimum absolute atomic E-state index is 0.0362. The minimum Gasteiger partial charge on any atom is -0.468 e. The Hall–Kier alpha value is -1.14. The standard InChI is InChI=1S/C12H22N2O4/c1-4-5-14(6-10(15)17-3)11(16)12(2)8-18-7-9(12)13/h9H,4-8,13H2,1-3H3. The Morgan fingerprint density at radius 1 is 1.56 bits per heavy atom. The van der Waals surface area contributed by atoms with E-state index in [1.165, 1.54) is 12.0 Å². The first-order valence-electron chi connectivity index (χ1n) is 6.15. The van der Waals surface area contributed by atoms with Crippen molar-refractivity contribution >= 4 is 11.9 Å². The molecule has 2 atom stereocenters. The Labute approximate surface area is 107 Å². The van der Waals surface area contributed by atoms with Gasteiger partial charge in [-0.15, -0.1) is 0 Å². The molecule has 18 heavy (non-hydrogen) atoms. The van der Waals surface area contributed by atoms with Crippen molar-refractivity contribution in [1.82, 2.24) is 4.90 Å². The third kappa shape index (κ3) is 3.00. The number of esters is 1. The van der Waals surface area contributed by atoms with E-state index in [1.54, 1.807) is 6.92 Å². The van der Waals surface area contributed by atoms with E-state index in [0.29, 0.717) is 19.8 Å². The number of nitrogens with zero attached hydrogens (tertiary/aromatic N) is 1. The van der Waals surface area contributed by atoms with Crippen molar-refractivity contribution in [3.05, 3.63) is 0 Å². The summed E-state index contributed by atoms with van der Waals surface area (Å²) in [5.41, 5.74) is 5.18. The number of rotatable bonds is 5. The van der Waals surface area contributed by atoms with E-state index in [9.17, 15) is 9.59 Å². The molecule has 1 aliphatic rings. The molecule has 1 rings (SSSR count). The number of amides is 1. The van der Waals surface area contributed by atoms with Crippen LogP contribution in [-0.2, 0) is 19.1 Å². The molecule has 0 bridgehead atoms. The maximum Gasteiger partial charge on any atom is 0.325 e. The van der Waals surface area contributed by atoms with Crippen molar-refractivity contribution in [3.63, 3.8) is 0 Å². The quantitative estimate of drug-likeness (QED) is 0.688. The van der Waals surface area contributed by atoms with Crippen LogP contribution in [0.5, 0.6) is 0 Å². The second-order valence-electron chi connectivity index (χ2n) is 4.84. The van der Waals surface area contributed by atoms with Gasteiger partial charge in [0.1, 0.15) is 6.54 Å². The third-order valence-corrected chi connectivity index (χ3v) is 3.33. The van der Waals surface area contributed by atoms with Crippen LogP contribution in [0, 0.1) is 5.41 Å². The second kappa shape index (κ2) is 6.15. The maximum atomic E-state index is 12.5. The van der Waals surface area contributed by atoms with Gasteiger partial charge in [-0.2, -0.15) is 0 Å². The van der Waals surface area contributed by atoms with Crippen LogP contribution < -0.4 is 5.73 Å². The first-order valence-corrected chi connectivity index (χ1v) is 6.15. The summed E-state index contributed by atoms with van der Waals surface area (Å²) in [6, 6.07) is -0.331. The van der Waals surface area contributed by atoms with Crippen LogP contribution in [0.25, 0.3) is 0 Å². The molecule has 0 saturated carbocycles. The van der Waals surface area contributed by atoms with E-state index in [4.69, 9.17) is 10.5 Å². The van der Waals surface area contributed by atoms with E-state index < -0.39 is 11.4 Å². The maximum absolute atomic E-state index is 12.5. The summed E-state index contributed by atoms with van der Waals surface area (Å²) < 4.78 is 9.87. The molecule has 0 aliphatic carbocycles. The Morgan fingerprint density at radius 3 is 2.67 bits per heavy atom. The molecular weight excluding hydrogens is 236 g/mol. The van der Waals surface area contributed by atoms with Gasteiger partial charge in [0.15, 0.2) is 0 Å². The van der Waals surface area contributed by atoms with Crippen molar-refractivity contribution in [2.24, 2.45) is 11.1 Å². The molecule has 6 heteroatoms. The van der Waals surface area contributed by atoms with Crippen LogP contribution >= 0.6 is 0 Å². The van der Waals surface area contributed by atoms with E-state index in [0.717, 1.165) is 6.42 Å². The predicted molar refractivity (Wildman–Crippen MR) is 65.8 cm³/mol. The first kappa shape index (κ1) is 14.9. The van der Waals surface area contributed by atoms with Gasteiger partial charge in [0.05, 0.1) is 25.7 Å². The highest BCUT2D eigenvalue weighted by atomic mass is 16.5. The summed E-state index contributed by atoms with van der Waals surface area (Å²) in [6.07, 6.45) is 0.773. The molecule has 0 radical (unpaired) electrons. The number of methoxy groups -OCH3 is 1. The van der Waals surface area contributed by atoms with Crippen LogP contribution in [0.15, 0.2) is 0 Å². The average molecular weight is 258 g/mol. The number of hydrogen-bond donors (Lipinski definition) is 1. The lowest BCUT2D eigenvalue weighted by Gasteiger charge is -2.32. The normalized spacial score (nSPS) is 27.0. The lowest BCUT2D eigenvalue weighted by molar-refractivity contribution is -0.151. The number of ether oxygens (including phenoxy) is 2. The fraction of sp³-hybridized carbons (Fsp3) is 0.833. The third-order valence-electron chi connectivity index (χ3n) is 3.33. The van der Waals surface area contributed by atoms with Gasteiger partial charge in [0, 0.05) is 12.6 Å². The van der Waals surface area contributed by atoms with E-state index in [-0.39, 0.29) is 18.5 Å². The van der Waals surface area contributed by atoms with Crippen LogP contribution in [-0.4, -0.2) is 56.2 Å². The monoisotopic (exact) mass is 258 g/mol. The summed E-state index contributed by atoms with van der Waals surface area (Å²) >= 11 is 0. The minimum atomic E-state index is -0.747. The number of carbonyl (C=O) groups is 2. The Kier molecular flexibility index (Phi) is 5.10. The number of hydrogen-bond acceptors (Lipinski definition) is 5. The molecule has 2 N–H and O–H groups in total. The lowest BCUT2D eigenvalue weighted by Crippen LogP contribution is -2.52. The largest absolute Gasteiger partial charge is 0.468 e. The molecule has 0 aromatic carbocycles. The second-order valence-corrected chi connectivity index (χ2v) is 4.84. The van der Waals surface area contributed by atoms with Gasteiger partial charge < -0.3 is 20.1 Å². The molecule has 1 aliphatic heterocycles. The molecule has 104 valence electrons. The molecule has 1 heterocycles. The summed E-state index contributed by atoms with van der Waals surface area (Å²) in [6.45, 7) is 4.88. The van der Waals surface area contributed by atoms with Crippen LogP contribution in [0.3, 0.4) is 0 Å². The average Bonchev–Trinajstić information content (AvgIpc) is 2.69. The Balaban J connectivity index is 2.78. The molecule has 0 aromatic heterocycles. The lowest BCUT2D eigenvalue weighted by atomic mass is 9.84. The smallest absolute Gasteiger partial charge is 0.325 e. The zero-order valence-electron chi connectivity index (χ0n) is 11.3. The first-order chi connectivity index (χ1) is 8.45. The van der Waals surface area contributed by atoms with Crippen LogP contribution in [0.2, 0.25) is 0 Å². The number of carbonyl (C=O) groups excluding carboxylic acids is 2. The predicted octanol–water partition coefficient (Wildman–Crippen LogP) is -0.238. The zero-order valence-corrected chi connectivity index (χ0v) is 11.3. The molecule has 6 nitrogen and oxygen atoms in total. The van der Waals surface area contributed by atoms with Crippen LogP contribution in [0.4, 0.5) is 0 Å². The van der Waals surface area contributed by atoms with E-state index in [1.807, 2.05) is 6.92 Å². The van der Waals surface area contributed by atoms with Crippen LogP contribution in [0.1, 0.15) is 20.3 Å². The molecule has 1 fully saturated rings. The highest BCUT2D eigenvalue weighted by Gasteiger charge is 2.46. The van der Waals surface area contributed by atoms with Crippen molar-refractivity contribution in [2.75, 3.05) is 33.4 Å². The van der Waals surface area contributed by atoms with Gasteiger partial charge in [0.2, 0.25) is 5.91 Å². The topological polar surface area (TPSA) is 81.9 Å². The highest BCUT2D eigenvalue weighted by Crippen LogP contribution is 2.29. The molecule has 1 amide bonds. The molecule has 1 saturated heterocycles. The highest BCUT2D eigenvalue weighted by molar-refractivity contribution is 5.87. The van der Waals surface area contributed by atoms with Gasteiger partial charge in [-0.1, -0.05) is 6.92 Å². The summed E-state index contributed by atoms with van der Waals surface area (Å²) in [7, 11) is 1.31. The zero-order chi connectivity index (χ0) is 13.8. The van der Waals surface area contributed by atoms with E-state index in [2.05, 4.69) is 4.74 Å². The Morgan fingerprint density at radius 2 is 2.22 bits per heavy atom. The summed E-state index contributed by atoms with van der Waals surface area (Å²) in [5, 5.41) is 0. The molecule has 0 aromatic rings. The summed E-state index contributed by atoms with van der Waals surface area (Å²) in [5.74, 6) is -0.562. The number of nitrogens with two attached hydrogens (primary N) is 1. The molecular formula is C12H22N2O4. The van der Waals surface area contributed by atoms with Gasteiger partial charge in [-0.25, -0.2) is 0 Å². The molecule has 2 unspecified atom stereocenters. The molecule has 0 spiro atoms. The van der Waals surface area contributed by atoms with E-state index >= 15 is 0 Å². The van der Waals surface area contributed by atoms with Gasteiger partial charge in [-0.05, 0) is 13.3 Å². The van der Waals surface area contributed by atoms with Crippen molar-refractivity contribution in [2.45, 2.75) is 26.3 Å². The summed E-state index contributed by atoms with van der Waals surface area (Å²) in [4.78, 5) is 25.3. The fourth-order valence-corrected chi connectivity index (χ4v) is 2.01. The van der Waals surface area contributed by atoms with Gasteiger partial charge in [0.25, 0.3) is 0 Å². The fourth-order valence-electron chi connectivity index (χ4n) is 2.01. The van der Waals surface area contributed by atoms with Gasteiger partial charge in [-0.3, -0.25) is 9.59 Å². The SMILES string of the molecule is CCCN(CC(=O)OC)C(=O)C1(C)COCC1N. The van der Waals surface area contributed by atoms with Crippen molar-refractivity contribution < 1.29 is 19.1 Å².